The molecule has 0 fully saturated rings. The van der Waals surface area contributed by atoms with E-state index >= 15 is 0 Å². The standard InChI is InChI=1S/C17H15BrClN3O2/c1-11(12-6-8-13(18)9-7-12)21-22-16(23)10-20-17(24)14-4-2-3-5-15(14)19/h2-9H,10H2,1H3,(H,20,24)(H,22,23). The van der Waals surface area contributed by atoms with Gasteiger partial charge in [-0.05, 0) is 36.8 Å². The number of halogens is 2. The molecule has 2 N–H and O–H groups in total. The number of hydrogen-bond donors (Lipinski definition) is 2. The zero-order valence-electron chi connectivity index (χ0n) is 12.8. The molecule has 0 aliphatic heterocycles. The number of nitrogens with one attached hydrogen (secondary N) is 2. The van der Waals surface area contributed by atoms with Gasteiger partial charge in [0.1, 0.15) is 0 Å². The van der Waals surface area contributed by atoms with Crippen molar-refractivity contribution in [1.29, 1.82) is 0 Å². The van der Waals surface area contributed by atoms with Crippen molar-refractivity contribution in [3.63, 3.8) is 0 Å². The van der Waals surface area contributed by atoms with Crippen LogP contribution in [-0.2, 0) is 4.79 Å². The van der Waals surface area contributed by atoms with Crippen molar-refractivity contribution < 1.29 is 9.59 Å². The van der Waals surface area contributed by atoms with Crippen LogP contribution in [0.3, 0.4) is 0 Å². The molecule has 0 saturated heterocycles. The zero-order valence-corrected chi connectivity index (χ0v) is 15.2. The highest BCUT2D eigenvalue weighted by molar-refractivity contribution is 9.10. The molecule has 0 spiro atoms. The smallest absolute Gasteiger partial charge is 0.259 e. The van der Waals surface area contributed by atoms with Crippen LogP contribution in [0.4, 0.5) is 0 Å². The minimum Gasteiger partial charge on any atom is -0.343 e. The Hall–Kier alpha value is -2.18. The fraction of sp³-hybridized carbons (Fsp3) is 0.118. The van der Waals surface area contributed by atoms with Crippen LogP contribution in [0.25, 0.3) is 0 Å². The predicted molar refractivity (Wildman–Crippen MR) is 98.3 cm³/mol. The summed E-state index contributed by atoms with van der Waals surface area (Å²) in [6, 6.07) is 14.2. The second kappa shape index (κ2) is 8.61. The number of rotatable bonds is 5. The van der Waals surface area contributed by atoms with Crippen LogP contribution in [-0.4, -0.2) is 24.1 Å². The summed E-state index contributed by atoms with van der Waals surface area (Å²) in [5, 5.41) is 6.85. The normalized spacial score (nSPS) is 11.0. The van der Waals surface area contributed by atoms with Crippen molar-refractivity contribution >= 4 is 45.1 Å². The van der Waals surface area contributed by atoms with Crippen molar-refractivity contribution in [3.8, 4) is 0 Å². The molecule has 0 heterocycles. The highest BCUT2D eigenvalue weighted by Gasteiger charge is 2.10. The Morgan fingerprint density at radius 3 is 2.46 bits per heavy atom. The fourth-order valence-electron chi connectivity index (χ4n) is 1.84. The number of hydrogen-bond acceptors (Lipinski definition) is 3. The third kappa shape index (κ3) is 5.18. The summed E-state index contributed by atoms with van der Waals surface area (Å²) < 4.78 is 0.963. The molecule has 24 heavy (non-hydrogen) atoms. The third-order valence-corrected chi connectivity index (χ3v) is 4.00. The highest BCUT2D eigenvalue weighted by Crippen LogP contribution is 2.14. The van der Waals surface area contributed by atoms with Crippen molar-refractivity contribution in [1.82, 2.24) is 10.7 Å². The van der Waals surface area contributed by atoms with Crippen molar-refractivity contribution in [2.45, 2.75) is 6.92 Å². The van der Waals surface area contributed by atoms with Crippen molar-refractivity contribution in [2.24, 2.45) is 5.10 Å². The maximum absolute atomic E-state index is 11.9. The van der Waals surface area contributed by atoms with Crippen LogP contribution in [0.1, 0.15) is 22.8 Å². The Labute approximate surface area is 153 Å². The minimum absolute atomic E-state index is 0.193. The van der Waals surface area contributed by atoms with Gasteiger partial charge in [0.2, 0.25) is 0 Å². The van der Waals surface area contributed by atoms with Crippen LogP contribution in [0.5, 0.6) is 0 Å². The maximum atomic E-state index is 11.9. The average Bonchev–Trinajstić information content (AvgIpc) is 2.58. The van der Waals surface area contributed by atoms with Gasteiger partial charge in [-0.2, -0.15) is 5.10 Å². The second-order valence-electron chi connectivity index (χ2n) is 4.90. The van der Waals surface area contributed by atoms with E-state index in [1.54, 1.807) is 31.2 Å². The topological polar surface area (TPSA) is 70.6 Å². The lowest BCUT2D eigenvalue weighted by molar-refractivity contribution is -0.120. The van der Waals surface area contributed by atoms with Crippen LogP contribution in [0.15, 0.2) is 58.1 Å². The van der Waals surface area contributed by atoms with E-state index < -0.39 is 11.8 Å². The quantitative estimate of drug-likeness (QED) is 0.588. The largest absolute Gasteiger partial charge is 0.343 e. The van der Waals surface area contributed by atoms with Crippen LogP contribution in [0, 0.1) is 0 Å². The van der Waals surface area contributed by atoms with Gasteiger partial charge in [0.25, 0.3) is 11.8 Å². The number of hydrazone groups is 1. The summed E-state index contributed by atoms with van der Waals surface area (Å²) in [5.41, 5.74) is 4.28. The van der Waals surface area contributed by atoms with Crippen molar-refractivity contribution in [3.05, 3.63) is 69.2 Å². The van der Waals surface area contributed by atoms with E-state index in [0.29, 0.717) is 16.3 Å². The lowest BCUT2D eigenvalue weighted by atomic mass is 10.1. The molecule has 0 unspecified atom stereocenters. The van der Waals surface area contributed by atoms with Gasteiger partial charge in [0.15, 0.2) is 0 Å². The molecule has 0 aromatic heterocycles. The van der Waals surface area contributed by atoms with Gasteiger partial charge in [-0.1, -0.05) is 51.8 Å². The van der Waals surface area contributed by atoms with Gasteiger partial charge in [-0.15, -0.1) is 0 Å². The van der Waals surface area contributed by atoms with Gasteiger partial charge in [0, 0.05) is 4.47 Å². The molecular formula is C17H15BrClN3O2. The van der Waals surface area contributed by atoms with E-state index in [4.69, 9.17) is 11.6 Å². The summed E-state index contributed by atoms with van der Waals surface area (Å²) >= 11 is 9.29. The number of carbonyl (C=O) groups is 2. The lowest BCUT2D eigenvalue weighted by Gasteiger charge is -2.06. The fourth-order valence-corrected chi connectivity index (χ4v) is 2.33. The predicted octanol–water partition coefficient (Wildman–Crippen LogP) is 3.37. The van der Waals surface area contributed by atoms with E-state index in [0.717, 1.165) is 10.0 Å². The summed E-state index contributed by atoms with van der Waals surface area (Å²) in [6.45, 7) is 1.59. The Morgan fingerprint density at radius 1 is 1.12 bits per heavy atom. The number of benzene rings is 2. The molecule has 2 amide bonds. The lowest BCUT2D eigenvalue weighted by Crippen LogP contribution is -2.35. The third-order valence-electron chi connectivity index (χ3n) is 3.14. The molecule has 0 atom stereocenters. The molecule has 7 heteroatoms. The first-order valence-electron chi connectivity index (χ1n) is 7.09. The van der Waals surface area contributed by atoms with Crippen LogP contribution in [0.2, 0.25) is 5.02 Å². The summed E-state index contributed by atoms with van der Waals surface area (Å²) in [4.78, 5) is 23.7. The molecule has 2 rings (SSSR count). The first-order chi connectivity index (χ1) is 11.5. The SMILES string of the molecule is CC(=NNC(=O)CNC(=O)c1ccccc1Cl)c1ccc(Br)cc1. The molecular weight excluding hydrogens is 394 g/mol. The Balaban J connectivity index is 1.87. The monoisotopic (exact) mass is 407 g/mol. The van der Waals surface area contributed by atoms with Gasteiger partial charge >= 0.3 is 0 Å². The molecule has 124 valence electrons. The van der Waals surface area contributed by atoms with E-state index in [2.05, 4.69) is 31.8 Å². The molecule has 2 aromatic rings. The van der Waals surface area contributed by atoms with Crippen LogP contribution < -0.4 is 10.7 Å². The van der Waals surface area contributed by atoms with Gasteiger partial charge < -0.3 is 5.32 Å². The summed E-state index contributed by atoms with van der Waals surface area (Å²) in [7, 11) is 0. The first kappa shape index (κ1) is 18.2. The van der Waals surface area contributed by atoms with E-state index in [9.17, 15) is 9.59 Å². The molecule has 0 aliphatic rings. The molecule has 0 saturated carbocycles. The molecule has 0 aliphatic carbocycles. The number of nitrogens with zero attached hydrogens (tertiary/aromatic N) is 1. The van der Waals surface area contributed by atoms with E-state index in [1.165, 1.54) is 0 Å². The zero-order chi connectivity index (χ0) is 17.5. The Kier molecular flexibility index (Phi) is 6.52. The Bertz CT molecular complexity index is 776. The van der Waals surface area contributed by atoms with Gasteiger partial charge in [0.05, 0.1) is 22.8 Å². The molecule has 0 radical (unpaired) electrons. The van der Waals surface area contributed by atoms with E-state index in [-0.39, 0.29) is 6.54 Å². The summed E-state index contributed by atoms with van der Waals surface area (Å²) in [6.07, 6.45) is 0. The molecule has 5 nitrogen and oxygen atoms in total. The number of amides is 2. The first-order valence-corrected chi connectivity index (χ1v) is 8.26. The highest BCUT2D eigenvalue weighted by atomic mass is 79.9. The van der Waals surface area contributed by atoms with Crippen molar-refractivity contribution in [2.75, 3.05) is 6.54 Å². The van der Waals surface area contributed by atoms with E-state index in [1.807, 2.05) is 24.3 Å². The molecule has 2 aromatic carbocycles. The maximum Gasteiger partial charge on any atom is 0.259 e. The summed E-state index contributed by atoms with van der Waals surface area (Å²) in [5.74, 6) is -0.837. The molecule has 0 bridgehead atoms. The Morgan fingerprint density at radius 2 is 1.79 bits per heavy atom. The van der Waals surface area contributed by atoms with Gasteiger partial charge in [-0.25, -0.2) is 5.43 Å². The second-order valence-corrected chi connectivity index (χ2v) is 6.22. The number of carbonyl (C=O) groups excluding carboxylic acids is 2. The average molecular weight is 409 g/mol. The minimum atomic E-state index is -0.424. The van der Waals surface area contributed by atoms with Gasteiger partial charge in [-0.3, -0.25) is 9.59 Å². The van der Waals surface area contributed by atoms with Crippen LogP contribution >= 0.6 is 27.5 Å².